The van der Waals surface area contributed by atoms with Crippen molar-refractivity contribution in [1.29, 1.82) is 5.26 Å². The lowest BCUT2D eigenvalue weighted by molar-refractivity contribution is 0.0695. The van der Waals surface area contributed by atoms with Crippen LogP contribution in [0.3, 0.4) is 0 Å². The Kier molecular flexibility index (Phi) is 4.44. The molecule has 1 N–H and O–H groups in total. The van der Waals surface area contributed by atoms with Gasteiger partial charge in [-0.3, -0.25) is 0 Å². The molecular weight excluding hydrogens is 264 g/mol. The molecule has 4 nitrogen and oxygen atoms in total. The lowest BCUT2D eigenvalue weighted by Gasteiger charge is -2.12. The second-order valence-corrected chi connectivity index (χ2v) is 5.52. The van der Waals surface area contributed by atoms with Crippen molar-refractivity contribution < 1.29 is 9.90 Å². The van der Waals surface area contributed by atoms with Gasteiger partial charge in [-0.15, -0.1) is 0 Å². The van der Waals surface area contributed by atoms with Gasteiger partial charge in [-0.05, 0) is 36.1 Å². The summed E-state index contributed by atoms with van der Waals surface area (Å²) in [6.45, 7) is 4.76. The van der Waals surface area contributed by atoms with Gasteiger partial charge in [0.1, 0.15) is 0 Å². The third-order valence-corrected chi connectivity index (χ3v) is 3.35. The second-order valence-electron chi connectivity index (χ2n) is 5.52. The van der Waals surface area contributed by atoms with Crippen LogP contribution in [0.25, 0.3) is 0 Å². The Morgan fingerprint density at radius 3 is 2.48 bits per heavy atom. The van der Waals surface area contributed by atoms with Crippen molar-refractivity contribution in [2.45, 2.75) is 26.8 Å². The first-order chi connectivity index (χ1) is 10.0. The number of nitrogens with zero attached hydrogens (tertiary/aromatic N) is 2. The van der Waals surface area contributed by atoms with Crippen LogP contribution < -0.4 is 0 Å². The van der Waals surface area contributed by atoms with Gasteiger partial charge in [0.25, 0.3) is 0 Å². The summed E-state index contributed by atoms with van der Waals surface area (Å²) in [5.41, 5.74) is 2.89. The van der Waals surface area contributed by atoms with Gasteiger partial charge in [0.2, 0.25) is 0 Å². The molecule has 0 aliphatic rings. The third kappa shape index (κ3) is 3.51. The summed E-state index contributed by atoms with van der Waals surface area (Å²) in [5.74, 6) is -0.498. The van der Waals surface area contributed by atoms with Crippen LogP contribution in [0.15, 0.2) is 36.5 Å². The summed E-state index contributed by atoms with van der Waals surface area (Å²) in [6, 6.07) is 11.1. The number of benzene rings is 1. The van der Waals surface area contributed by atoms with Gasteiger partial charge in [0, 0.05) is 18.4 Å². The highest BCUT2D eigenvalue weighted by Gasteiger charge is 2.16. The molecule has 0 spiro atoms. The Bertz CT molecular complexity index is 676. The summed E-state index contributed by atoms with van der Waals surface area (Å²) < 4.78 is 1.98. The molecule has 0 fully saturated rings. The summed E-state index contributed by atoms with van der Waals surface area (Å²) in [4.78, 5) is 11.3. The van der Waals surface area contributed by atoms with Gasteiger partial charge in [0.05, 0.1) is 17.2 Å². The fraction of sp³-hybridized carbons (Fsp3) is 0.294. The molecule has 4 heteroatoms. The molecule has 0 radical (unpaired) electrons. The van der Waals surface area contributed by atoms with Crippen LogP contribution in [0.5, 0.6) is 0 Å². The topological polar surface area (TPSA) is 66.0 Å². The van der Waals surface area contributed by atoms with E-state index in [4.69, 9.17) is 5.26 Å². The highest BCUT2D eigenvalue weighted by Crippen LogP contribution is 2.18. The minimum absolute atomic E-state index is 0.373. The van der Waals surface area contributed by atoms with E-state index in [1.165, 1.54) is 0 Å². The van der Waals surface area contributed by atoms with Crippen molar-refractivity contribution in [2.24, 2.45) is 5.92 Å². The highest BCUT2D eigenvalue weighted by molar-refractivity contribution is 5.89. The fourth-order valence-electron chi connectivity index (χ4n) is 2.34. The monoisotopic (exact) mass is 282 g/mol. The van der Waals surface area contributed by atoms with Crippen LogP contribution >= 0.6 is 0 Å². The van der Waals surface area contributed by atoms with Crippen molar-refractivity contribution in [3.63, 3.8) is 0 Å². The van der Waals surface area contributed by atoms with Crippen LogP contribution in [0.2, 0.25) is 0 Å². The second kappa shape index (κ2) is 6.27. The first kappa shape index (κ1) is 14.9. The van der Waals surface area contributed by atoms with E-state index >= 15 is 0 Å². The number of nitriles is 1. The van der Waals surface area contributed by atoms with Crippen LogP contribution in [0.4, 0.5) is 0 Å². The number of carbonyl (C=O) groups is 1. The predicted octanol–water partition coefficient (Wildman–Crippen LogP) is 3.30. The standard InChI is InChI=1S/C17H18N2O2/c1-12(2)9-16-15(17(20)21)7-8-19(16)11-14-5-3-13(10-18)4-6-14/h3-8,12H,9,11H2,1-2H3,(H,20,21). The zero-order valence-electron chi connectivity index (χ0n) is 12.2. The van der Waals surface area contributed by atoms with E-state index in [1.807, 2.05) is 22.9 Å². The Hall–Kier alpha value is -2.54. The number of rotatable bonds is 5. The van der Waals surface area contributed by atoms with Crippen molar-refractivity contribution in [3.05, 3.63) is 58.9 Å². The lowest BCUT2D eigenvalue weighted by atomic mass is 10.0. The van der Waals surface area contributed by atoms with Gasteiger partial charge in [0.15, 0.2) is 0 Å². The van der Waals surface area contributed by atoms with Crippen molar-refractivity contribution in [1.82, 2.24) is 4.57 Å². The molecule has 0 saturated carbocycles. The van der Waals surface area contributed by atoms with Gasteiger partial charge in [-0.1, -0.05) is 26.0 Å². The van der Waals surface area contributed by atoms with Crippen LogP contribution in [-0.4, -0.2) is 15.6 Å². The van der Waals surface area contributed by atoms with E-state index < -0.39 is 5.97 Å². The number of aromatic carboxylic acids is 1. The molecule has 1 heterocycles. The van der Waals surface area contributed by atoms with E-state index in [0.29, 0.717) is 23.6 Å². The third-order valence-electron chi connectivity index (χ3n) is 3.35. The number of aromatic nitrogens is 1. The molecule has 2 rings (SSSR count). The Balaban J connectivity index is 2.30. The molecule has 0 unspecified atom stereocenters. The number of carboxylic acid groups (broad SMARTS) is 1. The average Bonchev–Trinajstić information content (AvgIpc) is 2.82. The van der Waals surface area contributed by atoms with E-state index in [9.17, 15) is 9.90 Å². The molecule has 0 amide bonds. The van der Waals surface area contributed by atoms with Gasteiger partial charge in [-0.2, -0.15) is 5.26 Å². The van der Waals surface area contributed by atoms with Gasteiger partial charge in [-0.25, -0.2) is 4.79 Å². The zero-order chi connectivity index (χ0) is 15.4. The van der Waals surface area contributed by atoms with Gasteiger partial charge >= 0.3 is 5.97 Å². The Labute approximate surface area is 124 Å². The molecule has 21 heavy (non-hydrogen) atoms. The molecule has 108 valence electrons. The molecule has 0 aliphatic heterocycles. The molecule has 0 bridgehead atoms. The SMILES string of the molecule is CC(C)Cc1c(C(=O)O)ccn1Cc1ccc(C#N)cc1. The van der Waals surface area contributed by atoms with E-state index in [-0.39, 0.29) is 0 Å². The molecular formula is C17H18N2O2. The summed E-state index contributed by atoms with van der Waals surface area (Å²) in [6.07, 6.45) is 2.55. The number of hydrogen-bond donors (Lipinski definition) is 1. The Morgan fingerprint density at radius 1 is 1.29 bits per heavy atom. The quantitative estimate of drug-likeness (QED) is 0.915. The molecule has 0 atom stereocenters. The first-order valence-corrected chi connectivity index (χ1v) is 6.91. The van der Waals surface area contributed by atoms with Crippen LogP contribution in [0.1, 0.15) is 41.0 Å². The van der Waals surface area contributed by atoms with Crippen molar-refractivity contribution >= 4 is 5.97 Å². The maximum atomic E-state index is 11.3. The van der Waals surface area contributed by atoms with Gasteiger partial charge < -0.3 is 9.67 Å². The summed E-state index contributed by atoms with van der Waals surface area (Å²) >= 11 is 0. The molecule has 1 aromatic heterocycles. The average molecular weight is 282 g/mol. The molecule has 0 saturated heterocycles. The Morgan fingerprint density at radius 2 is 1.95 bits per heavy atom. The van der Waals surface area contributed by atoms with E-state index in [1.54, 1.807) is 18.2 Å². The maximum Gasteiger partial charge on any atom is 0.337 e. The molecule has 2 aromatic rings. The number of hydrogen-bond acceptors (Lipinski definition) is 2. The lowest BCUT2D eigenvalue weighted by Crippen LogP contribution is -2.10. The maximum absolute atomic E-state index is 11.3. The zero-order valence-corrected chi connectivity index (χ0v) is 12.2. The fourth-order valence-corrected chi connectivity index (χ4v) is 2.34. The van der Waals surface area contributed by atoms with Crippen LogP contribution in [-0.2, 0) is 13.0 Å². The van der Waals surface area contributed by atoms with E-state index in [2.05, 4.69) is 19.9 Å². The van der Waals surface area contributed by atoms with Crippen molar-refractivity contribution in [2.75, 3.05) is 0 Å². The van der Waals surface area contributed by atoms with Crippen LogP contribution in [0, 0.1) is 17.2 Å². The predicted molar refractivity (Wildman–Crippen MR) is 80.2 cm³/mol. The largest absolute Gasteiger partial charge is 0.478 e. The summed E-state index contributed by atoms with van der Waals surface area (Å²) in [7, 11) is 0. The number of carboxylic acids is 1. The normalized spacial score (nSPS) is 10.6. The molecule has 0 aliphatic carbocycles. The minimum Gasteiger partial charge on any atom is -0.478 e. The first-order valence-electron chi connectivity index (χ1n) is 6.91. The smallest absolute Gasteiger partial charge is 0.337 e. The van der Waals surface area contributed by atoms with E-state index in [0.717, 1.165) is 17.7 Å². The highest BCUT2D eigenvalue weighted by atomic mass is 16.4. The van der Waals surface area contributed by atoms with Crippen molar-refractivity contribution in [3.8, 4) is 6.07 Å². The molecule has 1 aromatic carbocycles. The summed E-state index contributed by atoms with van der Waals surface area (Å²) in [5, 5.41) is 18.1. The minimum atomic E-state index is -0.885.